The van der Waals surface area contributed by atoms with Crippen molar-refractivity contribution in [3.63, 3.8) is 0 Å². The van der Waals surface area contributed by atoms with Crippen LogP contribution in [0.1, 0.15) is 13.8 Å². The maximum atomic E-state index is 3.34. The number of rotatable bonds is 1. The second kappa shape index (κ2) is 2.46. The van der Waals surface area contributed by atoms with Gasteiger partial charge < -0.3 is 10.6 Å². The molecule has 1 aliphatic rings. The predicted molar refractivity (Wildman–Crippen MR) is 34.6 cm³/mol. The molecule has 0 unspecified atom stereocenters. The van der Waals surface area contributed by atoms with Crippen molar-refractivity contribution in [3.8, 4) is 0 Å². The average molecular weight is 114 g/mol. The molecule has 1 saturated heterocycles. The predicted octanol–water partition coefficient (Wildman–Crippen LogP) is 0.161. The molecule has 8 heavy (non-hydrogen) atoms. The van der Waals surface area contributed by atoms with Gasteiger partial charge in [-0.15, -0.1) is 0 Å². The lowest BCUT2D eigenvalue weighted by atomic mass is 10.2. The van der Waals surface area contributed by atoms with Crippen LogP contribution in [0.5, 0.6) is 0 Å². The molecule has 0 aromatic rings. The van der Waals surface area contributed by atoms with Crippen molar-refractivity contribution in [2.75, 3.05) is 13.1 Å². The molecular weight excluding hydrogens is 100 g/mol. The smallest absolute Gasteiger partial charge is 0.0596 e. The van der Waals surface area contributed by atoms with Gasteiger partial charge in [0.2, 0.25) is 0 Å². The van der Waals surface area contributed by atoms with E-state index in [1.165, 1.54) is 0 Å². The van der Waals surface area contributed by atoms with Crippen LogP contribution in [0.3, 0.4) is 0 Å². The van der Waals surface area contributed by atoms with Crippen LogP contribution in [0.2, 0.25) is 0 Å². The molecule has 48 valence electrons. The Bertz CT molecular complexity index is 64.9. The molecule has 2 N–H and O–H groups in total. The lowest BCUT2D eigenvalue weighted by Gasteiger charge is -2.13. The second-order valence-electron chi connectivity index (χ2n) is 2.63. The maximum Gasteiger partial charge on any atom is 0.0596 e. The minimum absolute atomic E-state index is 0.565. The van der Waals surface area contributed by atoms with Gasteiger partial charge in [0.15, 0.2) is 0 Å². The highest BCUT2D eigenvalue weighted by Crippen LogP contribution is 1.99. The Hall–Kier alpha value is -0.0800. The molecule has 0 spiro atoms. The summed E-state index contributed by atoms with van der Waals surface area (Å²) in [6.07, 6.45) is 0.565. The van der Waals surface area contributed by atoms with Gasteiger partial charge in [-0.3, -0.25) is 0 Å². The van der Waals surface area contributed by atoms with E-state index in [0.29, 0.717) is 6.17 Å². The second-order valence-corrected chi connectivity index (χ2v) is 2.63. The van der Waals surface area contributed by atoms with Crippen LogP contribution in [0.15, 0.2) is 0 Å². The molecule has 1 aliphatic heterocycles. The Morgan fingerprint density at radius 2 is 1.75 bits per heavy atom. The highest BCUT2D eigenvalue weighted by atomic mass is 15.2. The number of nitrogens with one attached hydrogen (secondary N) is 2. The van der Waals surface area contributed by atoms with Gasteiger partial charge in [0.1, 0.15) is 0 Å². The summed E-state index contributed by atoms with van der Waals surface area (Å²) >= 11 is 0. The summed E-state index contributed by atoms with van der Waals surface area (Å²) in [5.41, 5.74) is 0. The van der Waals surface area contributed by atoms with E-state index >= 15 is 0 Å². The van der Waals surface area contributed by atoms with Crippen LogP contribution in [-0.4, -0.2) is 19.3 Å². The molecule has 0 aromatic heterocycles. The fourth-order valence-corrected chi connectivity index (χ4v) is 0.999. The van der Waals surface area contributed by atoms with Crippen molar-refractivity contribution < 1.29 is 0 Å². The third kappa shape index (κ3) is 1.20. The molecule has 0 aromatic carbocycles. The number of hydrogen-bond donors (Lipinski definition) is 2. The van der Waals surface area contributed by atoms with Crippen molar-refractivity contribution >= 4 is 0 Å². The molecule has 0 aliphatic carbocycles. The van der Waals surface area contributed by atoms with Gasteiger partial charge in [-0.2, -0.15) is 0 Å². The summed E-state index contributed by atoms with van der Waals surface area (Å²) in [7, 11) is 0. The number of hydrogen-bond acceptors (Lipinski definition) is 2. The minimum atomic E-state index is 0.565. The zero-order valence-electron chi connectivity index (χ0n) is 5.57. The van der Waals surface area contributed by atoms with E-state index in [2.05, 4.69) is 24.5 Å². The SMILES string of the molecule is CC(C)C1NCCN1. The van der Waals surface area contributed by atoms with Crippen LogP contribution in [-0.2, 0) is 0 Å². The molecule has 2 heteroatoms. The quantitative estimate of drug-likeness (QED) is 0.507. The van der Waals surface area contributed by atoms with Gasteiger partial charge >= 0.3 is 0 Å². The van der Waals surface area contributed by atoms with Crippen LogP contribution >= 0.6 is 0 Å². The Balaban J connectivity index is 2.24. The first-order chi connectivity index (χ1) is 3.80. The largest absolute Gasteiger partial charge is 0.300 e. The van der Waals surface area contributed by atoms with Crippen molar-refractivity contribution in [2.24, 2.45) is 5.92 Å². The average Bonchev–Trinajstić information content (AvgIpc) is 2.12. The van der Waals surface area contributed by atoms with Crippen LogP contribution in [0.25, 0.3) is 0 Å². The lowest BCUT2D eigenvalue weighted by Crippen LogP contribution is -2.35. The van der Waals surface area contributed by atoms with Gasteiger partial charge in [0.05, 0.1) is 6.17 Å². The summed E-state index contributed by atoms with van der Waals surface area (Å²) in [6.45, 7) is 6.69. The summed E-state index contributed by atoms with van der Waals surface area (Å²) in [5, 5.41) is 6.69. The third-order valence-corrected chi connectivity index (χ3v) is 1.52. The van der Waals surface area contributed by atoms with Gasteiger partial charge in [-0.25, -0.2) is 0 Å². The summed E-state index contributed by atoms with van der Waals surface area (Å²) in [4.78, 5) is 0. The fourth-order valence-electron chi connectivity index (χ4n) is 0.999. The lowest BCUT2D eigenvalue weighted by molar-refractivity contribution is 0.416. The Kier molecular flexibility index (Phi) is 1.86. The first-order valence-corrected chi connectivity index (χ1v) is 3.27. The van der Waals surface area contributed by atoms with Crippen molar-refractivity contribution in [1.82, 2.24) is 10.6 Å². The molecule has 0 atom stereocenters. The summed E-state index contributed by atoms with van der Waals surface area (Å²) in [5.74, 6) is 0.720. The molecule has 0 bridgehead atoms. The molecular formula is C6H14N2. The molecule has 1 rings (SSSR count). The molecule has 0 saturated carbocycles. The van der Waals surface area contributed by atoms with Gasteiger partial charge in [-0.1, -0.05) is 13.8 Å². The zero-order valence-corrected chi connectivity index (χ0v) is 5.57. The zero-order chi connectivity index (χ0) is 5.98. The Morgan fingerprint density at radius 3 is 2.00 bits per heavy atom. The van der Waals surface area contributed by atoms with E-state index in [9.17, 15) is 0 Å². The highest BCUT2D eigenvalue weighted by molar-refractivity contribution is 4.74. The first-order valence-electron chi connectivity index (χ1n) is 3.27. The normalized spacial score (nSPS) is 22.9. The molecule has 1 fully saturated rings. The van der Waals surface area contributed by atoms with Gasteiger partial charge in [-0.05, 0) is 5.92 Å². The molecule has 0 amide bonds. The summed E-state index contributed by atoms with van der Waals surface area (Å²) < 4.78 is 0. The van der Waals surface area contributed by atoms with Crippen molar-refractivity contribution in [2.45, 2.75) is 20.0 Å². The van der Waals surface area contributed by atoms with Crippen LogP contribution in [0.4, 0.5) is 0 Å². The van der Waals surface area contributed by atoms with E-state index < -0.39 is 0 Å². The van der Waals surface area contributed by atoms with Crippen LogP contribution < -0.4 is 10.6 Å². The van der Waals surface area contributed by atoms with E-state index in [4.69, 9.17) is 0 Å². The topological polar surface area (TPSA) is 24.1 Å². The van der Waals surface area contributed by atoms with Crippen molar-refractivity contribution in [3.05, 3.63) is 0 Å². The van der Waals surface area contributed by atoms with E-state index in [1.54, 1.807) is 0 Å². The monoisotopic (exact) mass is 114 g/mol. The first kappa shape index (κ1) is 6.05. The molecule has 0 radical (unpaired) electrons. The van der Waals surface area contributed by atoms with Gasteiger partial charge in [0.25, 0.3) is 0 Å². The highest BCUT2D eigenvalue weighted by Gasteiger charge is 2.15. The Labute approximate surface area is 50.7 Å². The van der Waals surface area contributed by atoms with Crippen molar-refractivity contribution in [1.29, 1.82) is 0 Å². The summed E-state index contributed by atoms with van der Waals surface area (Å²) in [6, 6.07) is 0. The molecule has 2 nitrogen and oxygen atoms in total. The van der Waals surface area contributed by atoms with E-state index in [-0.39, 0.29) is 0 Å². The Morgan fingerprint density at radius 1 is 1.25 bits per heavy atom. The van der Waals surface area contributed by atoms with Gasteiger partial charge in [0, 0.05) is 13.1 Å². The third-order valence-electron chi connectivity index (χ3n) is 1.52. The minimum Gasteiger partial charge on any atom is -0.300 e. The molecule has 1 heterocycles. The van der Waals surface area contributed by atoms with E-state index in [0.717, 1.165) is 19.0 Å². The fraction of sp³-hybridized carbons (Fsp3) is 1.00. The maximum absolute atomic E-state index is 3.34. The van der Waals surface area contributed by atoms with Crippen LogP contribution in [0, 0.1) is 5.92 Å². The standard InChI is InChI=1S/C6H14N2/c1-5(2)6-7-3-4-8-6/h5-8H,3-4H2,1-2H3. The van der Waals surface area contributed by atoms with E-state index in [1.807, 2.05) is 0 Å².